The van der Waals surface area contributed by atoms with Gasteiger partial charge < -0.3 is 10.8 Å². The summed E-state index contributed by atoms with van der Waals surface area (Å²) in [7, 11) is 0. The van der Waals surface area contributed by atoms with Crippen LogP contribution in [0.15, 0.2) is 11.6 Å². The molecule has 4 nitrogen and oxygen atoms in total. The van der Waals surface area contributed by atoms with Crippen molar-refractivity contribution in [1.29, 1.82) is 0 Å². The minimum absolute atomic E-state index is 0. The van der Waals surface area contributed by atoms with Gasteiger partial charge in [-0.2, -0.15) is 0 Å². The number of carbonyl (C=O) groups excluding carboxylic acids is 1. The third-order valence-corrected chi connectivity index (χ3v) is 13.2. The van der Waals surface area contributed by atoms with E-state index in [9.17, 15) is 14.7 Å². The van der Waals surface area contributed by atoms with Crippen LogP contribution in [0.2, 0.25) is 0 Å². The topological polar surface area (TPSA) is 80.4 Å². The molecule has 0 aromatic rings. The molecule has 0 radical (unpaired) electrons. The summed E-state index contributed by atoms with van der Waals surface area (Å²) in [5.74, 6) is 0.313. The van der Waals surface area contributed by atoms with E-state index in [1.807, 2.05) is 6.92 Å². The highest BCUT2D eigenvalue weighted by Crippen LogP contribution is 2.75. The predicted octanol–water partition coefficient (Wildman–Crippen LogP) is 6.80. The summed E-state index contributed by atoms with van der Waals surface area (Å²) in [6, 6.07) is 0.196. The van der Waals surface area contributed by atoms with Gasteiger partial charge in [0.25, 0.3) is 0 Å². The third-order valence-electron chi connectivity index (χ3n) is 13.2. The second-order valence-corrected chi connectivity index (χ2v) is 15.0. The van der Waals surface area contributed by atoms with Crippen molar-refractivity contribution in [3.05, 3.63) is 11.6 Å². The Kier molecular flexibility index (Phi) is 6.07. The fourth-order valence-corrected chi connectivity index (χ4v) is 10.4. The number of hydrogen-bond acceptors (Lipinski definition) is 3. The van der Waals surface area contributed by atoms with E-state index >= 15 is 0 Å². The lowest BCUT2D eigenvalue weighted by Crippen LogP contribution is -2.67. The molecule has 0 saturated heterocycles. The average molecular weight is 506 g/mol. The molecule has 5 aliphatic carbocycles. The number of aliphatic carboxylic acids is 1. The number of halogens is 1. The van der Waals surface area contributed by atoms with Gasteiger partial charge in [-0.05, 0) is 110 Å². The summed E-state index contributed by atoms with van der Waals surface area (Å²) >= 11 is 0. The molecule has 0 bridgehead atoms. The zero-order chi connectivity index (χ0) is 25.1. The molecular formula is C30H48ClNO3. The molecule has 35 heavy (non-hydrogen) atoms. The minimum Gasteiger partial charge on any atom is -0.481 e. The molecule has 5 aliphatic rings. The summed E-state index contributed by atoms with van der Waals surface area (Å²) in [6.45, 7) is 16.2. The first-order valence-corrected chi connectivity index (χ1v) is 13.8. The molecule has 0 amide bonds. The largest absolute Gasteiger partial charge is 0.481 e. The Balaban J connectivity index is 0.00000289. The van der Waals surface area contributed by atoms with Gasteiger partial charge in [-0.15, -0.1) is 12.4 Å². The van der Waals surface area contributed by atoms with Gasteiger partial charge in [-0.1, -0.05) is 47.1 Å². The van der Waals surface area contributed by atoms with Crippen LogP contribution in [0.25, 0.3) is 0 Å². The normalized spacial score (nSPS) is 52.6. The van der Waals surface area contributed by atoms with Crippen LogP contribution in [0.5, 0.6) is 0 Å². The number of carboxylic acid groups (broad SMARTS) is 1. The van der Waals surface area contributed by atoms with E-state index in [0.717, 1.165) is 51.4 Å². The second kappa shape index (κ2) is 7.82. The van der Waals surface area contributed by atoms with E-state index in [1.165, 1.54) is 5.57 Å². The fourth-order valence-electron chi connectivity index (χ4n) is 10.4. The number of fused-ring (bicyclic) bond motifs is 7. The molecule has 5 heteroatoms. The smallest absolute Gasteiger partial charge is 0.309 e. The van der Waals surface area contributed by atoms with Crippen LogP contribution in [0, 0.1) is 50.2 Å². The van der Waals surface area contributed by atoms with Gasteiger partial charge in [0, 0.05) is 12.0 Å². The Morgan fingerprint density at radius 1 is 0.943 bits per heavy atom. The van der Waals surface area contributed by atoms with Crippen LogP contribution < -0.4 is 5.73 Å². The predicted molar refractivity (Wildman–Crippen MR) is 142 cm³/mol. The summed E-state index contributed by atoms with van der Waals surface area (Å²) < 4.78 is 0. The van der Waals surface area contributed by atoms with Crippen molar-refractivity contribution in [1.82, 2.24) is 0 Å². The zero-order valence-electron chi connectivity index (χ0n) is 23.0. The van der Waals surface area contributed by atoms with Crippen molar-refractivity contribution in [2.24, 2.45) is 56.0 Å². The molecule has 9 atom stereocenters. The Labute approximate surface area is 218 Å². The number of ketones is 1. The Hall–Kier alpha value is -0.870. The van der Waals surface area contributed by atoms with Crippen molar-refractivity contribution >= 4 is 24.2 Å². The summed E-state index contributed by atoms with van der Waals surface area (Å²) in [6.07, 6.45) is 10.9. The quantitative estimate of drug-likeness (QED) is 0.410. The number of carboxylic acids is 1. The van der Waals surface area contributed by atoms with Crippen molar-refractivity contribution in [3.63, 3.8) is 0 Å². The lowest BCUT2D eigenvalue weighted by molar-refractivity contribution is -0.188. The first kappa shape index (κ1) is 27.2. The molecule has 1 unspecified atom stereocenters. The van der Waals surface area contributed by atoms with Gasteiger partial charge in [0.2, 0.25) is 0 Å². The van der Waals surface area contributed by atoms with Gasteiger partial charge in [-0.25, -0.2) is 0 Å². The number of rotatable bonds is 1. The van der Waals surface area contributed by atoms with Gasteiger partial charge in [0.15, 0.2) is 5.78 Å². The van der Waals surface area contributed by atoms with E-state index in [2.05, 4.69) is 47.6 Å². The molecular weight excluding hydrogens is 458 g/mol. The number of nitrogens with two attached hydrogens (primary N) is 1. The van der Waals surface area contributed by atoms with Crippen LogP contribution in [0.3, 0.4) is 0 Å². The van der Waals surface area contributed by atoms with Crippen LogP contribution in [-0.2, 0) is 9.59 Å². The zero-order valence-corrected chi connectivity index (χ0v) is 23.8. The second-order valence-electron chi connectivity index (χ2n) is 15.0. The van der Waals surface area contributed by atoms with E-state index in [0.29, 0.717) is 18.1 Å². The van der Waals surface area contributed by atoms with Crippen LogP contribution >= 0.6 is 12.4 Å². The lowest BCUT2D eigenvalue weighted by atomic mass is 9.33. The SMILES string of the molecule is CC1(C)C(N)CC[C@]2(C)[C@H]3C(=O)C=C4[C@@H]5C[C@@](C)(C(=O)O)CC[C@]5(C)CC[C@@]4(C)[C@]3(C)CC[C@@H]12.Cl. The lowest BCUT2D eigenvalue weighted by Gasteiger charge is -2.70. The highest BCUT2D eigenvalue weighted by Gasteiger charge is 2.70. The Bertz CT molecular complexity index is 975. The minimum atomic E-state index is -0.697. The maximum atomic E-state index is 14.2. The van der Waals surface area contributed by atoms with Gasteiger partial charge in [-0.3, -0.25) is 9.59 Å². The van der Waals surface area contributed by atoms with Crippen LogP contribution in [-0.4, -0.2) is 22.9 Å². The number of hydrogen-bond donors (Lipinski definition) is 2. The summed E-state index contributed by atoms with van der Waals surface area (Å²) in [5, 5.41) is 10.1. The fraction of sp³-hybridized carbons (Fsp3) is 0.867. The maximum absolute atomic E-state index is 14.2. The number of allylic oxidation sites excluding steroid dienone is 2. The van der Waals surface area contributed by atoms with Crippen LogP contribution in [0.4, 0.5) is 0 Å². The first-order chi connectivity index (χ1) is 15.6. The van der Waals surface area contributed by atoms with E-state index < -0.39 is 11.4 Å². The molecule has 0 heterocycles. The summed E-state index contributed by atoms with van der Waals surface area (Å²) in [4.78, 5) is 26.5. The molecule has 5 rings (SSSR count). The van der Waals surface area contributed by atoms with E-state index in [1.54, 1.807) is 0 Å². The van der Waals surface area contributed by atoms with Gasteiger partial charge in [0.1, 0.15) is 0 Å². The Morgan fingerprint density at radius 3 is 2.20 bits per heavy atom. The van der Waals surface area contributed by atoms with Gasteiger partial charge in [0.05, 0.1) is 5.41 Å². The van der Waals surface area contributed by atoms with Crippen molar-refractivity contribution in [3.8, 4) is 0 Å². The molecule has 0 spiro atoms. The molecule has 0 aliphatic heterocycles. The standard InChI is InChI=1S/C30H47NO3.ClH/c1-25(2)21-8-11-30(7)23(28(21,5)10-9-22(25)31)20(32)16-18-19-17-27(4,24(33)34)13-12-26(19,3)14-15-29(18,30)6;/h16,19,21-23H,8-15,17,31H2,1-7H3,(H,33,34);1H/t19-,21-,22?,23+,26+,27-,28-,29+,30+;/m0./s1. The van der Waals surface area contributed by atoms with Crippen LogP contribution in [0.1, 0.15) is 106 Å². The Morgan fingerprint density at radius 2 is 1.57 bits per heavy atom. The highest BCUT2D eigenvalue weighted by molar-refractivity contribution is 5.95. The maximum Gasteiger partial charge on any atom is 0.309 e. The van der Waals surface area contributed by atoms with Crippen molar-refractivity contribution < 1.29 is 14.7 Å². The molecule has 0 aromatic heterocycles. The van der Waals surface area contributed by atoms with E-state index in [-0.39, 0.29) is 57.4 Å². The third kappa shape index (κ3) is 3.27. The van der Waals surface area contributed by atoms with Crippen molar-refractivity contribution in [2.75, 3.05) is 0 Å². The van der Waals surface area contributed by atoms with E-state index in [4.69, 9.17) is 5.73 Å². The monoisotopic (exact) mass is 505 g/mol. The average Bonchev–Trinajstić information content (AvgIpc) is 2.73. The highest BCUT2D eigenvalue weighted by atomic mass is 35.5. The molecule has 198 valence electrons. The molecule has 0 aromatic carbocycles. The molecule has 4 fully saturated rings. The first-order valence-electron chi connectivity index (χ1n) is 13.8. The van der Waals surface area contributed by atoms with Crippen molar-refractivity contribution in [2.45, 2.75) is 112 Å². The molecule has 3 N–H and O–H groups in total. The number of carbonyl (C=O) groups is 2. The molecule has 4 saturated carbocycles. The summed E-state index contributed by atoms with van der Waals surface area (Å²) in [5.41, 5.74) is 7.21. The van der Waals surface area contributed by atoms with Gasteiger partial charge >= 0.3 is 5.97 Å².